The standard InChI is InChI=1S/C25H21F6NO2/c26-24(27,28)19-11-16(12-20(13-19)25(29,30)31)15-33-23-22(18-9-5-2-6-10-18)32-14-21(34-23)17-7-3-1-4-8-17/h1-13,21-23,32H,14-15H2/t21-,22+,23+/m1/s1. The maximum atomic E-state index is 13.2. The Balaban J connectivity index is 1.60. The summed E-state index contributed by atoms with van der Waals surface area (Å²) in [6.07, 6.45) is -11.2. The molecule has 3 nitrogen and oxygen atoms in total. The number of morpholine rings is 1. The van der Waals surface area contributed by atoms with Crippen LogP contribution in [0.15, 0.2) is 78.9 Å². The van der Waals surface area contributed by atoms with E-state index < -0.39 is 48.5 Å². The molecule has 3 aromatic rings. The van der Waals surface area contributed by atoms with Crippen LogP contribution < -0.4 is 5.32 Å². The smallest absolute Gasteiger partial charge is 0.346 e. The van der Waals surface area contributed by atoms with Gasteiger partial charge in [0, 0.05) is 6.54 Å². The van der Waals surface area contributed by atoms with Gasteiger partial charge >= 0.3 is 12.4 Å². The van der Waals surface area contributed by atoms with E-state index >= 15 is 0 Å². The van der Waals surface area contributed by atoms with Gasteiger partial charge in [-0.2, -0.15) is 26.3 Å². The number of benzene rings is 3. The van der Waals surface area contributed by atoms with Crippen LogP contribution in [0, 0.1) is 0 Å². The van der Waals surface area contributed by atoms with Crippen LogP contribution in [-0.4, -0.2) is 12.8 Å². The first-order valence-electron chi connectivity index (χ1n) is 10.5. The van der Waals surface area contributed by atoms with Crippen molar-refractivity contribution in [2.45, 2.75) is 37.4 Å². The second-order valence-corrected chi connectivity index (χ2v) is 7.93. The molecule has 0 unspecified atom stereocenters. The predicted molar refractivity (Wildman–Crippen MR) is 112 cm³/mol. The topological polar surface area (TPSA) is 30.5 Å². The summed E-state index contributed by atoms with van der Waals surface area (Å²) in [4.78, 5) is 0. The molecule has 1 N–H and O–H groups in total. The van der Waals surface area contributed by atoms with Crippen molar-refractivity contribution >= 4 is 0 Å². The second-order valence-electron chi connectivity index (χ2n) is 7.93. The first-order valence-corrected chi connectivity index (χ1v) is 10.5. The molecule has 3 atom stereocenters. The number of halogens is 6. The fourth-order valence-electron chi connectivity index (χ4n) is 3.83. The monoisotopic (exact) mass is 481 g/mol. The number of alkyl halides is 6. The van der Waals surface area contributed by atoms with Crippen LogP contribution in [0.1, 0.15) is 40.0 Å². The van der Waals surface area contributed by atoms with Crippen molar-refractivity contribution in [2.24, 2.45) is 0 Å². The van der Waals surface area contributed by atoms with E-state index in [1.807, 2.05) is 60.7 Å². The van der Waals surface area contributed by atoms with E-state index in [2.05, 4.69) is 5.32 Å². The molecule has 0 bridgehead atoms. The molecule has 0 spiro atoms. The highest BCUT2D eigenvalue weighted by atomic mass is 19.4. The molecule has 0 radical (unpaired) electrons. The lowest BCUT2D eigenvalue weighted by Crippen LogP contribution is -2.44. The highest BCUT2D eigenvalue weighted by Crippen LogP contribution is 2.37. The molecule has 1 saturated heterocycles. The molecule has 0 saturated carbocycles. The Hall–Kier alpha value is -2.88. The molecule has 180 valence electrons. The Labute approximate surface area is 192 Å². The fraction of sp³-hybridized carbons (Fsp3) is 0.280. The lowest BCUT2D eigenvalue weighted by atomic mass is 10.0. The third-order valence-corrected chi connectivity index (χ3v) is 5.49. The van der Waals surface area contributed by atoms with E-state index in [4.69, 9.17) is 9.47 Å². The molecule has 0 amide bonds. The molecule has 1 heterocycles. The van der Waals surface area contributed by atoms with Gasteiger partial charge in [0.1, 0.15) is 0 Å². The first-order chi connectivity index (χ1) is 16.1. The summed E-state index contributed by atoms with van der Waals surface area (Å²) in [6, 6.07) is 19.4. The quantitative estimate of drug-likeness (QED) is 0.413. The van der Waals surface area contributed by atoms with Gasteiger partial charge in [-0.25, -0.2) is 0 Å². The SMILES string of the molecule is FC(F)(F)c1cc(CO[C@H]2O[C@@H](c3ccccc3)CN[C@H]2c2ccccc2)cc(C(F)(F)F)c1. The molecule has 0 aliphatic carbocycles. The van der Waals surface area contributed by atoms with Gasteiger partial charge in [0.05, 0.1) is 29.9 Å². The first kappa shape index (κ1) is 24.3. The summed E-state index contributed by atoms with van der Waals surface area (Å²) < 4.78 is 91.2. The van der Waals surface area contributed by atoms with Crippen LogP contribution in [0.25, 0.3) is 0 Å². The minimum Gasteiger partial charge on any atom is -0.346 e. The minimum absolute atomic E-state index is 0.0976. The predicted octanol–water partition coefficient (Wildman–Crippen LogP) is 6.67. The summed E-state index contributed by atoms with van der Waals surface area (Å²) in [5.74, 6) is 0. The highest BCUT2D eigenvalue weighted by molar-refractivity contribution is 5.33. The lowest BCUT2D eigenvalue weighted by Gasteiger charge is -2.37. The summed E-state index contributed by atoms with van der Waals surface area (Å²) in [5, 5.41) is 3.33. The number of hydrogen-bond acceptors (Lipinski definition) is 3. The van der Waals surface area contributed by atoms with E-state index in [0.717, 1.165) is 11.1 Å². The van der Waals surface area contributed by atoms with Crippen molar-refractivity contribution in [1.82, 2.24) is 5.32 Å². The van der Waals surface area contributed by atoms with Crippen LogP contribution in [-0.2, 0) is 28.4 Å². The zero-order valence-electron chi connectivity index (χ0n) is 17.7. The molecule has 1 aliphatic rings. The van der Waals surface area contributed by atoms with Crippen molar-refractivity contribution in [3.8, 4) is 0 Å². The van der Waals surface area contributed by atoms with E-state index in [1.165, 1.54) is 0 Å². The van der Waals surface area contributed by atoms with Gasteiger partial charge in [0.15, 0.2) is 6.29 Å². The molecule has 4 rings (SSSR count). The summed E-state index contributed by atoms with van der Waals surface area (Å²) in [5.41, 5.74) is -1.33. The Bertz CT molecular complexity index is 1050. The molecular weight excluding hydrogens is 460 g/mol. The second kappa shape index (κ2) is 9.77. The lowest BCUT2D eigenvalue weighted by molar-refractivity contribution is -0.214. The van der Waals surface area contributed by atoms with Crippen LogP contribution >= 0.6 is 0 Å². The summed E-state index contributed by atoms with van der Waals surface area (Å²) in [7, 11) is 0. The largest absolute Gasteiger partial charge is 0.416 e. The third kappa shape index (κ3) is 5.78. The normalized spacial score (nSPS) is 21.4. The third-order valence-electron chi connectivity index (χ3n) is 5.49. The van der Waals surface area contributed by atoms with E-state index in [1.54, 1.807) is 0 Å². The Morgan fingerprint density at radius 2 is 1.29 bits per heavy atom. The number of rotatable bonds is 5. The maximum Gasteiger partial charge on any atom is 0.416 e. The Kier molecular flexibility index (Phi) is 6.97. The minimum atomic E-state index is -4.93. The average molecular weight is 481 g/mol. The van der Waals surface area contributed by atoms with Crippen LogP contribution in [0.2, 0.25) is 0 Å². The van der Waals surface area contributed by atoms with Crippen LogP contribution in [0.5, 0.6) is 0 Å². The number of hydrogen-bond donors (Lipinski definition) is 1. The zero-order chi connectivity index (χ0) is 24.3. The highest BCUT2D eigenvalue weighted by Gasteiger charge is 2.38. The zero-order valence-corrected chi connectivity index (χ0v) is 17.7. The molecule has 0 aromatic heterocycles. The summed E-state index contributed by atoms with van der Waals surface area (Å²) >= 11 is 0. The average Bonchev–Trinajstić information content (AvgIpc) is 2.82. The fourth-order valence-corrected chi connectivity index (χ4v) is 3.83. The molecular formula is C25H21F6NO2. The number of ether oxygens (including phenoxy) is 2. The number of nitrogens with one attached hydrogen (secondary N) is 1. The van der Waals surface area contributed by atoms with E-state index in [9.17, 15) is 26.3 Å². The Morgan fingerprint density at radius 1 is 0.765 bits per heavy atom. The van der Waals surface area contributed by atoms with Gasteiger partial charge in [-0.15, -0.1) is 0 Å². The Morgan fingerprint density at radius 3 is 1.82 bits per heavy atom. The molecule has 34 heavy (non-hydrogen) atoms. The van der Waals surface area contributed by atoms with Gasteiger partial charge in [-0.1, -0.05) is 60.7 Å². The van der Waals surface area contributed by atoms with E-state index in [0.29, 0.717) is 18.7 Å². The van der Waals surface area contributed by atoms with Crippen molar-refractivity contribution in [3.63, 3.8) is 0 Å². The van der Waals surface area contributed by atoms with Gasteiger partial charge in [-0.3, -0.25) is 0 Å². The molecule has 1 aliphatic heterocycles. The molecule has 3 aromatic carbocycles. The van der Waals surface area contributed by atoms with Gasteiger partial charge in [-0.05, 0) is 34.9 Å². The van der Waals surface area contributed by atoms with Gasteiger partial charge in [0.25, 0.3) is 0 Å². The molecule has 9 heteroatoms. The van der Waals surface area contributed by atoms with Crippen molar-refractivity contribution in [2.75, 3.05) is 6.54 Å². The summed E-state index contributed by atoms with van der Waals surface area (Å²) in [6.45, 7) is -0.0462. The molecule has 1 fully saturated rings. The van der Waals surface area contributed by atoms with Gasteiger partial charge in [0.2, 0.25) is 0 Å². The maximum absolute atomic E-state index is 13.2. The van der Waals surface area contributed by atoms with Crippen molar-refractivity contribution in [3.05, 3.63) is 107 Å². The van der Waals surface area contributed by atoms with E-state index in [-0.39, 0.29) is 11.6 Å². The van der Waals surface area contributed by atoms with Crippen LogP contribution in [0.3, 0.4) is 0 Å². The van der Waals surface area contributed by atoms with Gasteiger partial charge < -0.3 is 14.8 Å². The van der Waals surface area contributed by atoms with Crippen molar-refractivity contribution in [1.29, 1.82) is 0 Å². The van der Waals surface area contributed by atoms with Crippen LogP contribution in [0.4, 0.5) is 26.3 Å². The van der Waals surface area contributed by atoms with Crippen molar-refractivity contribution < 1.29 is 35.8 Å².